The van der Waals surface area contributed by atoms with Crippen molar-refractivity contribution in [3.63, 3.8) is 0 Å². The Morgan fingerprint density at radius 2 is 2.08 bits per heavy atom. The SMILES string of the molecule is Cc1cnc(CCNC(=O)c2cc(COc3ccc(C)c(C)c3)on2)[nH]1. The molecule has 136 valence electrons. The molecule has 1 amide bonds. The van der Waals surface area contributed by atoms with E-state index in [-0.39, 0.29) is 18.2 Å². The molecule has 0 saturated carbocycles. The van der Waals surface area contributed by atoms with Gasteiger partial charge >= 0.3 is 0 Å². The number of nitrogens with zero attached hydrogens (tertiary/aromatic N) is 2. The Morgan fingerprint density at radius 1 is 1.23 bits per heavy atom. The van der Waals surface area contributed by atoms with Gasteiger partial charge < -0.3 is 19.6 Å². The normalized spacial score (nSPS) is 10.7. The summed E-state index contributed by atoms with van der Waals surface area (Å²) in [6.07, 6.45) is 2.39. The van der Waals surface area contributed by atoms with Crippen LogP contribution in [0, 0.1) is 20.8 Å². The van der Waals surface area contributed by atoms with E-state index in [1.807, 2.05) is 39.0 Å². The maximum absolute atomic E-state index is 12.1. The molecule has 0 aliphatic carbocycles. The van der Waals surface area contributed by atoms with Crippen molar-refractivity contribution in [3.8, 4) is 5.75 Å². The molecule has 1 aromatic carbocycles. The first-order valence-corrected chi connectivity index (χ1v) is 8.45. The van der Waals surface area contributed by atoms with E-state index in [0.717, 1.165) is 22.8 Å². The fourth-order valence-corrected chi connectivity index (χ4v) is 2.43. The van der Waals surface area contributed by atoms with Crippen molar-refractivity contribution >= 4 is 5.91 Å². The second kappa shape index (κ2) is 7.86. The average Bonchev–Trinajstić information content (AvgIpc) is 3.25. The summed E-state index contributed by atoms with van der Waals surface area (Å²) in [6.45, 7) is 6.70. The summed E-state index contributed by atoms with van der Waals surface area (Å²) in [5.74, 6) is 1.80. The van der Waals surface area contributed by atoms with Crippen molar-refractivity contribution in [2.24, 2.45) is 0 Å². The fourth-order valence-electron chi connectivity index (χ4n) is 2.43. The van der Waals surface area contributed by atoms with Crippen LogP contribution in [-0.4, -0.2) is 27.6 Å². The third kappa shape index (κ3) is 4.50. The van der Waals surface area contributed by atoms with Gasteiger partial charge in [0.25, 0.3) is 5.91 Å². The average molecular weight is 354 g/mol. The molecule has 2 N–H and O–H groups in total. The van der Waals surface area contributed by atoms with E-state index in [0.29, 0.717) is 18.7 Å². The van der Waals surface area contributed by atoms with Crippen molar-refractivity contribution in [1.82, 2.24) is 20.4 Å². The largest absolute Gasteiger partial charge is 0.486 e. The first-order valence-electron chi connectivity index (χ1n) is 8.45. The molecular formula is C19H22N4O3. The maximum Gasteiger partial charge on any atom is 0.273 e. The number of rotatable bonds is 7. The van der Waals surface area contributed by atoms with Crippen molar-refractivity contribution in [3.05, 3.63) is 64.6 Å². The number of aromatic amines is 1. The Morgan fingerprint density at radius 3 is 2.81 bits per heavy atom. The molecule has 26 heavy (non-hydrogen) atoms. The molecule has 7 heteroatoms. The van der Waals surface area contributed by atoms with Gasteiger partial charge in [-0.2, -0.15) is 0 Å². The minimum atomic E-state index is -0.283. The van der Waals surface area contributed by atoms with Crippen LogP contribution in [0.2, 0.25) is 0 Å². The Bertz CT molecular complexity index is 898. The van der Waals surface area contributed by atoms with Gasteiger partial charge in [-0.05, 0) is 44.0 Å². The summed E-state index contributed by atoms with van der Waals surface area (Å²) in [4.78, 5) is 19.4. The van der Waals surface area contributed by atoms with Crippen molar-refractivity contribution in [2.45, 2.75) is 33.8 Å². The number of aryl methyl sites for hydroxylation is 3. The number of nitrogens with one attached hydrogen (secondary N) is 2. The summed E-state index contributed by atoms with van der Waals surface area (Å²) in [7, 11) is 0. The number of hydrogen-bond donors (Lipinski definition) is 2. The smallest absolute Gasteiger partial charge is 0.273 e. The van der Waals surface area contributed by atoms with Gasteiger partial charge in [0.2, 0.25) is 0 Å². The molecule has 0 spiro atoms. The molecule has 0 saturated heterocycles. The number of ether oxygens (including phenoxy) is 1. The van der Waals surface area contributed by atoms with E-state index >= 15 is 0 Å². The molecular weight excluding hydrogens is 332 g/mol. The highest BCUT2D eigenvalue weighted by Crippen LogP contribution is 2.18. The number of carbonyl (C=O) groups excluding carboxylic acids is 1. The van der Waals surface area contributed by atoms with E-state index in [4.69, 9.17) is 9.26 Å². The number of aromatic nitrogens is 3. The number of amides is 1. The number of carbonyl (C=O) groups is 1. The zero-order valence-corrected chi connectivity index (χ0v) is 15.1. The van der Waals surface area contributed by atoms with Gasteiger partial charge in [-0.3, -0.25) is 4.79 Å². The van der Waals surface area contributed by atoms with Crippen molar-refractivity contribution in [2.75, 3.05) is 6.54 Å². The van der Waals surface area contributed by atoms with E-state index < -0.39 is 0 Å². The Hall–Kier alpha value is -3.09. The molecule has 3 rings (SSSR count). The molecule has 0 aliphatic heterocycles. The predicted octanol–water partition coefficient (Wildman–Crippen LogP) is 2.87. The third-order valence-corrected chi connectivity index (χ3v) is 4.05. The molecule has 0 fully saturated rings. The van der Waals surface area contributed by atoms with E-state index in [9.17, 15) is 4.79 Å². The van der Waals surface area contributed by atoms with Gasteiger partial charge in [0.05, 0.1) is 0 Å². The zero-order chi connectivity index (χ0) is 18.5. The zero-order valence-electron chi connectivity index (χ0n) is 15.1. The Balaban J connectivity index is 1.48. The first kappa shape index (κ1) is 17.7. The highest BCUT2D eigenvalue weighted by molar-refractivity contribution is 5.92. The van der Waals surface area contributed by atoms with Gasteiger partial charge in [-0.1, -0.05) is 11.2 Å². The summed E-state index contributed by atoms with van der Waals surface area (Å²) in [5, 5.41) is 6.59. The second-order valence-corrected chi connectivity index (χ2v) is 6.23. The second-order valence-electron chi connectivity index (χ2n) is 6.23. The number of benzene rings is 1. The number of H-pyrrole nitrogens is 1. The van der Waals surface area contributed by atoms with Crippen LogP contribution in [0.15, 0.2) is 35.0 Å². The summed E-state index contributed by atoms with van der Waals surface area (Å²) < 4.78 is 10.9. The van der Waals surface area contributed by atoms with E-state index in [1.54, 1.807) is 12.3 Å². The van der Waals surface area contributed by atoms with E-state index in [2.05, 4.69) is 20.4 Å². The maximum atomic E-state index is 12.1. The van der Waals surface area contributed by atoms with Gasteiger partial charge in [-0.25, -0.2) is 4.98 Å². The lowest BCUT2D eigenvalue weighted by Crippen LogP contribution is -2.26. The van der Waals surface area contributed by atoms with Crippen molar-refractivity contribution in [1.29, 1.82) is 0 Å². The van der Waals surface area contributed by atoms with Crippen LogP contribution in [0.25, 0.3) is 0 Å². The molecule has 0 atom stereocenters. The van der Waals surface area contributed by atoms with Crippen LogP contribution in [0.3, 0.4) is 0 Å². The summed E-state index contributed by atoms with van der Waals surface area (Å²) >= 11 is 0. The quantitative estimate of drug-likeness (QED) is 0.680. The molecule has 0 aliphatic rings. The molecule has 0 unspecified atom stereocenters. The van der Waals surface area contributed by atoms with Gasteiger partial charge in [0.15, 0.2) is 11.5 Å². The monoisotopic (exact) mass is 354 g/mol. The lowest BCUT2D eigenvalue weighted by molar-refractivity contribution is 0.0944. The van der Waals surface area contributed by atoms with Crippen LogP contribution >= 0.6 is 0 Å². The Labute approximate surface area is 151 Å². The minimum absolute atomic E-state index is 0.217. The van der Waals surface area contributed by atoms with Crippen LogP contribution in [0.5, 0.6) is 5.75 Å². The molecule has 3 aromatic rings. The fraction of sp³-hybridized carbons (Fsp3) is 0.316. The van der Waals surface area contributed by atoms with Crippen molar-refractivity contribution < 1.29 is 14.1 Å². The van der Waals surface area contributed by atoms with Gasteiger partial charge in [0, 0.05) is 30.9 Å². The molecule has 2 aromatic heterocycles. The van der Waals surface area contributed by atoms with Crippen LogP contribution in [-0.2, 0) is 13.0 Å². The lowest BCUT2D eigenvalue weighted by Gasteiger charge is -2.06. The Kier molecular flexibility index (Phi) is 5.36. The van der Waals surface area contributed by atoms with Crippen LogP contribution in [0.4, 0.5) is 0 Å². The number of imidazole rings is 1. The third-order valence-electron chi connectivity index (χ3n) is 4.05. The predicted molar refractivity (Wildman–Crippen MR) is 96.1 cm³/mol. The van der Waals surface area contributed by atoms with Gasteiger partial charge in [0.1, 0.15) is 18.2 Å². The highest BCUT2D eigenvalue weighted by Gasteiger charge is 2.13. The summed E-state index contributed by atoms with van der Waals surface area (Å²) in [6, 6.07) is 7.47. The molecule has 0 radical (unpaired) electrons. The summed E-state index contributed by atoms with van der Waals surface area (Å²) in [5.41, 5.74) is 3.60. The molecule has 7 nitrogen and oxygen atoms in total. The van der Waals surface area contributed by atoms with E-state index in [1.165, 1.54) is 5.56 Å². The molecule has 0 bridgehead atoms. The molecule has 2 heterocycles. The highest BCUT2D eigenvalue weighted by atomic mass is 16.5. The first-order chi connectivity index (χ1) is 12.5. The minimum Gasteiger partial charge on any atom is -0.486 e. The van der Waals surface area contributed by atoms with Crippen LogP contribution in [0.1, 0.15) is 38.9 Å². The topological polar surface area (TPSA) is 93.0 Å². The van der Waals surface area contributed by atoms with Crippen LogP contribution < -0.4 is 10.1 Å². The lowest BCUT2D eigenvalue weighted by atomic mass is 10.1. The van der Waals surface area contributed by atoms with Gasteiger partial charge in [-0.15, -0.1) is 0 Å². The number of hydrogen-bond acceptors (Lipinski definition) is 5. The standard InChI is InChI=1S/C19H22N4O3/c1-12-4-5-15(8-13(12)2)25-11-16-9-17(23-26-16)19(24)20-7-6-18-21-10-14(3)22-18/h4-5,8-10H,6-7,11H2,1-3H3,(H,20,24)(H,21,22).